The summed E-state index contributed by atoms with van der Waals surface area (Å²) in [5.74, 6) is -4.57. The summed E-state index contributed by atoms with van der Waals surface area (Å²) < 4.78 is 11.1. The lowest BCUT2D eigenvalue weighted by Crippen LogP contribution is -2.46. The van der Waals surface area contributed by atoms with Gasteiger partial charge in [-0.3, -0.25) is 9.88 Å². The van der Waals surface area contributed by atoms with Gasteiger partial charge >= 0.3 is 7.75 Å². The smallest absolute Gasteiger partial charge is 0.427 e. The van der Waals surface area contributed by atoms with Crippen LogP contribution in [0.25, 0.3) is 0 Å². The Balaban J connectivity index is 2.07. The van der Waals surface area contributed by atoms with Crippen LogP contribution in [0.5, 0.6) is 5.75 Å². The number of aliphatic hydroxyl groups is 2. The van der Waals surface area contributed by atoms with Crippen molar-refractivity contribution in [3.05, 3.63) is 53.8 Å². The van der Waals surface area contributed by atoms with E-state index in [0.717, 1.165) is 11.6 Å². The second-order valence-corrected chi connectivity index (χ2v) is 7.19. The van der Waals surface area contributed by atoms with E-state index in [9.17, 15) is 24.7 Å². The number of hydrogen-bond acceptors (Lipinski definition) is 5. The monoisotopic (exact) mass is 369 g/mol. The Morgan fingerprint density at radius 3 is 2.60 bits per heavy atom. The van der Waals surface area contributed by atoms with Gasteiger partial charge in [-0.2, -0.15) is 0 Å². The number of carbonyl (C=O) groups excluding carboxylic acids is 1. The number of carbonyl (C=O) groups is 1. The molecule has 8 nitrogen and oxygen atoms in total. The van der Waals surface area contributed by atoms with E-state index in [1.807, 2.05) is 5.09 Å². The van der Waals surface area contributed by atoms with Crippen molar-refractivity contribution in [3.63, 3.8) is 0 Å². The molecule has 1 unspecified atom stereocenters. The Bertz CT molecular complexity index is 751. The molecule has 0 spiro atoms. The molecule has 0 radical (unpaired) electrons. The molecule has 1 atom stereocenters. The average Bonchev–Trinajstić information content (AvgIpc) is 2.45. The van der Waals surface area contributed by atoms with Crippen LogP contribution < -0.4 is 5.09 Å². The molecule has 9 heteroatoms. The quantitative estimate of drug-likeness (QED) is 0.304. The lowest BCUT2D eigenvalue weighted by atomic mass is 9.84. The number of allylic oxidation sites excluding steroid dienone is 3. The summed E-state index contributed by atoms with van der Waals surface area (Å²) in [7, 11) is -4.70. The van der Waals surface area contributed by atoms with Crippen LogP contribution in [0.3, 0.4) is 0 Å². The fraction of sp³-hybridized carbons (Fsp3) is 0.312. The minimum atomic E-state index is -4.70. The molecule has 0 amide bonds. The number of aryl methyl sites for hydroxylation is 1. The SMILES string of the molecule is O=C1C=CC=C(NP(=O)(O)O)C1C(O)(O)CCCc1cccc(O)c1. The van der Waals surface area contributed by atoms with Gasteiger partial charge in [0, 0.05) is 12.1 Å². The molecule has 1 aliphatic rings. The number of aromatic hydroxyl groups is 1. The van der Waals surface area contributed by atoms with E-state index in [1.54, 1.807) is 18.2 Å². The Morgan fingerprint density at radius 1 is 1.24 bits per heavy atom. The van der Waals surface area contributed by atoms with Crippen LogP contribution in [0.15, 0.2) is 48.2 Å². The average molecular weight is 369 g/mol. The Morgan fingerprint density at radius 2 is 1.96 bits per heavy atom. The third kappa shape index (κ3) is 5.52. The zero-order valence-electron chi connectivity index (χ0n) is 13.2. The Kier molecular flexibility index (Phi) is 5.82. The van der Waals surface area contributed by atoms with Crippen molar-refractivity contribution in [1.82, 2.24) is 5.09 Å². The zero-order chi connectivity index (χ0) is 18.7. The van der Waals surface area contributed by atoms with Crippen LogP contribution in [0, 0.1) is 5.92 Å². The number of phenols is 1. The standard InChI is InChI=1S/C16H20NO7P/c18-12-6-1-4-11(10-12)5-3-9-16(20,21)15-13(17-25(22,23)24)7-2-8-14(15)19/h1-2,4,6-8,10,15,18,20-21H,3,5,9H2,(H3,17,22,23,24). The summed E-state index contributed by atoms with van der Waals surface area (Å²) in [5, 5.41) is 31.9. The summed E-state index contributed by atoms with van der Waals surface area (Å²) in [5.41, 5.74) is 0.540. The van der Waals surface area contributed by atoms with E-state index in [1.165, 1.54) is 18.2 Å². The normalized spacial score (nSPS) is 18.2. The predicted molar refractivity (Wildman–Crippen MR) is 89.1 cm³/mol. The Hall–Kier alpha value is -1.96. The molecule has 25 heavy (non-hydrogen) atoms. The molecule has 0 saturated carbocycles. The first-order valence-corrected chi connectivity index (χ1v) is 9.18. The van der Waals surface area contributed by atoms with Crippen molar-refractivity contribution in [1.29, 1.82) is 0 Å². The zero-order valence-corrected chi connectivity index (χ0v) is 14.1. The number of rotatable bonds is 7. The molecule has 1 aliphatic carbocycles. The molecule has 0 fully saturated rings. The van der Waals surface area contributed by atoms with Gasteiger partial charge in [-0.05, 0) is 42.7 Å². The van der Waals surface area contributed by atoms with Gasteiger partial charge in [0.15, 0.2) is 11.6 Å². The number of nitrogens with one attached hydrogen (secondary N) is 1. The maximum Gasteiger partial charge on any atom is 0.427 e. The highest BCUT2D eigenvalue weighted by Gasteiger charge is 2.43. The second kappa shape index (κ2) is 7.51. The molecule has 2 rings (SSSR count). The van der Waals surface area contributed by atoms with E-state index in [-0.39, 0.29) is 24.3 Å². The number of ketones is 1. The third-order valence-electron chi connectivity index (χ3n) is 3.79. The maximum absolute atomic E-state index is 12.0. The highest BCUT2D eigenvalue weighted by atomic mass is 31.2. The summed E-state index contributed by atoms with van der Waals surface area (Å²) >= 11 is 0. The van der Waals surface area contributed by atoms with Gasteiger partial charge in [-0.15, -0.1) is 0 Å². The van der Waals surface area contributed by atoms with Crippen LogP contribution in [-0.2, 0) is 15.8 Å². The first kappa shape index (κ1) is 19.4. The van der Waals surface area contributed by atoms with Crippen molar-refractivity contribution in [2.45, 2.75) is 25.0 Å². The predicted octanol–water partition coefficient (Wildman–Crippen LogP) is 0.717. The first-order valence-electron chi connectivity index (χ1n) is 7.57. The van der Waals surface area contributed by atoms with E-state index in [2.05, 4.69) is 0 Å². The lowest BCUT2D eigenvalue weighted by Gasteiger charge is -2.33. The fourth-order valence-electron chi connectivity index (χ4n) is 2.75. The molecule has 136 valence electrons. The topological polar surface area (TPSA) is 147 Å². The third-order valence-corrected chi connectivity index (χ3v) is 4.34. The maximum atomic E-state index is 12.0. The summed E-state index contributed by atoms with van der Waals surface area (Å²) in [6.45, 7) is 0. The molecule has 6 N–H and O–H groups in total. The van der Waals surface area contributed by atoms with Crippen molar-refractivity contribution in [2.75, 3.05) is 0 Å². The van der Waals surface area contributed by atoms with Gasteiger partial charge in [-0.1, -0.05) is 18.2 Å². The van der Waals surface area contributed by atoms with Gasteiger partial charge < -0.3 is 25.1 Å². The van der Waals surface area contributed by atoms with E-state index < -0.39 is 25.2 Å². The van der Waals surface area contributed by atoms with E-state index >= 15 is 0 Å². The molecule has 1 aromatic rings. The van der Waals surface area contributed by atoms with Gasteiger partial charge in [0.2, 0.25) is 0 Å². The highest BCUT2D eigenvalue weighted by molar-refractivity contribution is 7.49. The largest absolute Gasteiger partial charge is 0.508 e. The molecular formula is C16H20NO7P. The number of phenolic OH excluding ortho intramolecular Hbond substituents is 1. The summed E-state index contributed by atoms with van der Waals surface area (Å²) in [6, 6.07) is 6.50. The molecular weight excluding hydrogens is 349 g/mol. The molecule has 0 aliphatic heterocycles. The van der Waals surface area contributed by atoms with Gasteiger partial charge in [0.1, 0.15) is 11.7 Å². The van der Waals surface area contributed by atoms with E-state index in [4.69, 9.17) is 9.79 Å². The summed E-state index contributed by atoms with van der Waals surface area (Å²) in [6.07, 6.45) is 4.13. The van der Waals surface area contributed by atoms with Gasteiger partial charge in [-0.25, -0.2) is 4.57 Å². The molecule has 1 aromatic carbocycles. The van der Waals surface area contributed by atoms with Crippen molar-refractivity contribution in [3.8, 4) is 5.75 Å². The van der Waals surface area contributed by atoms with Crippen molar-refractivity contribution >= 4 is 13.5 Å². The van der Waals surface area contributed by atoms with Gasteiger partial charge in [0.05, 0.1) is 0 Å². The van der Waals surface area contributed by atoms with Crippen LogP contribution in [0.1, 0.15) is 18.4 Å². The first-order chi connectivity index (χ1) is 11.6. The lowest BCUT2D eigenvalue weighted by molar-refractivity contribution is -0.196. The molecule has 0 saturated heterocycles. The highest BCUT2D eigenvalue weighted by Crippen LogP contribution is 2.37. The molecule has 0 bridgehead atoms. The van der Waals surface area contributed by atoms with Crippen LogP contribution >= 0.6 is 7.75 Å². The number of hydrogen-bond donors (Lipinski definition) is 6. The minimum absolute atomic E-state index is 0.0976. The Labute approximate surface area is 144 Å². The van der Waals surface area contributed by atoms with E-state index in [0.29, 0.717) is 6.42 Å². The summed E-state index contributed by atoms with van der Waals surface area (Å²) in [4.78, 5) is 30.1. The van der Waals surface area contributed by atoms with Crippen molar-refractivity contribution < 1.29 is 34.5 Å². The fourth-order valence-corrected chi connectivity index (χ4v) is 3.29. The van der Waals surface area contributed by atoms with Gasteiger partial charge in [0.25, 0.3) is 0 Å². The molecule has 0 heterocycles. The second-order valence-electron chi connectivity index (χ2n) is 5.87. The molecule has 0 aromatic heterocycles. The number of benzene rings is 1. The van der Waals surface area contributed by atoms with Crippen LogP contribution in [-0.4, -0.2) is 36.7 Å². The van der Waals surface area contributed by atoms with Crippen molar-refractivity contribution in [2.24, 2.45) is 5.92 Å². The van der Waals surface area contributed by atoms with Crippen LogP contribution in [0.2, 0.25) is 0 Å². The minimum Gasteiger partial charge on any atom is -0.508 e. The van der Waals surface area contributed by atoms with Crippen LogP contribution in [0.4, 0.5) is 0 Å².